The van der Waals surface area contributed by atoms with E-state index in [1.54, 1.807) is 25.1 Å². The molecule has 0 N–H and O–H groups in total. The van der Waals surface area contributed by atoms with Crippen molar-refractivity contribution < 1.29 is 18.0 Å². The molecule has 1 heterocycles. The van der Waals surface area contributed by atoms with E-state index in [2.05, 4.69) is 5.10 Å². The van der Waals surface area contributed by atoms with Crippen LogP contribution in [0, 0.1) is 24.4 Å². The van der Waals surface area contributed by atoms with Crippen molar-refractivity contribution in [1.82, 2.24) is 14.7 Å². The zero-order chi connectivity index (χ0) is 18.8. The smallest absolute Gasteiger partial charge is 0.257 e. The zero-order valence-corrected chi connectivity index (χ0v) is 14.2. The van der Waals surface area contributed by atoms with Gasteiger partial charge < -0.3 is 4.90 Å². The Hall–Kier alpha value is -3.09. The highest BCUT2D eigenvalue weighted by atomic mass is 19.1. The highest BCUT2D eigenvalue weighted by Crippen LogP contribution is 2.19. The Kier molecular flexibility index (Phi) is 4.79. The first kappa shape index (κ1) is 17.7. The highest BCUT2D eigenvalue weighted by molar-refractivity contribution is 5.95. The number of benzene rings is 2. The standard InChI is InChI=1S/C19H16F3N3O/c1-12-15(10-23-25(12)18-6-4-3-5-16(18)21)19(26)24(2)11-13-7-8-14(20)9-17(13)22/h3-10H,11H2,1-2H3. The number of amides is 1. The Morgan fingerprint density at radius 3 is 2.54 bits per heavy atom. The first-order chi connectivity index (χ1) is 12.4. The molecule has 2 aromatic carbocycles. The molecule has 26 heavy (non-hydrogen) atoms. The number of carbonyl (C=O) groups excluding carboxylic acids is 1. The Bertz CT molecular complexity index is 968. The maximum atomic E-state index is 14.0. The van der Waals surface area contributed by atoms with Crippen LogP contribution in [0.2, 0.25) is 0 Å². The van der Waals surface area contributed by atoms with Gasteiger partial charge in [-0.25, -0.2) is 17.9 Å². The molecule has 0 aliphatic carbocycles. The molecule has 0 atom stereocenters. The van der Waals surface area contributed by atoms with Gasteiger partial charge in [0.25, 0.3) is 5.91 Å². The van der Waals surface area contributed by atoms with E-state index < -0.39 is 23.4 Å². The molecule has 0 saturated carbocycles. The monoisotopic (exact) mass is 359 g/mol. The maximum absolute atomic E-state index is 14.0. The molecule has 0 fully saturated rings. The lowest BCUT2D eigenvalue weighted by atomic mass is 10.1. The lowest BCUT2D eigenvalue weighted by Gasteiger charge is -2.17. The van der Waals surface area contributed by atoms with Crippen molar-refractivity contribution in [3.05, 3.63) is 82.9 Å². The van der Waals surface area contributed by atoms with Gasteiger partial charge in [-0.3, -0.25) is 4.79 Å². The number of hydrogen-bond donors (Lipinski definition) is 0. The molecule has 0 unspecified atom stereocenters. The molecule has 4 nitrogen and oxygen atoms in total. The fourth-order valence-electron chi connectivity index (χ4n) is 2.67. The quantitative estimate of drug-likeness (QED) is 0.709. The Balaban J connectivity index is 1.85. The van der Waals surface area contributed by atoms with E-state index in [0.29, 0.717) is 5.69 Å². The van der Waals surface area contributed by atoms with Crippen molar-refractivity contribution >= 4 is 5.91 Å². The van der Waals surface area contributed by atoms with Crippen molar-refractivity contribution in [1.29, 1.82) is 0 Å². The number of rotatable bonds is 4. The summed E-state index contributed by atoms with van der Waals surface area (Å²) in [7, 11) is 1.50. The van der Waals surface area contributed by atoms with Gasteiger partial charge in [0.15, 0.2) is 0 Å². The molecular weight excluding hydrogens is 343 g/mol. The highest BCUT2D eigenvalue weighted by Gasteiger charge is 2.20. The summed E-state index contributed by atoms with van der Waals surface area (Å²) in [5.74, 6) is -2.25. The lowest BCUT2D eigenvalue weighted by molar-refractivity contribution is 0.0783. The molecule has 7 heteroatoms. The molecule has 0 aliphatic heterocycles. The molecular formula is C19H16F3N3O. The molecule has 1 amide bonds. The summed E-state index contributed by atoms with van der Waals surface area (Å²) in [6.07, 6.45) is 1.35. The molecule has 0 saturated heterocycles. The summed E-state index contributed by atoms with van der Waals surface area (Å²) in [4.78, 5) is 14.0. The minimum absolute atomic E-state index is 0.0325. The normalized spacial score (nSPS) is 10.8. The predicted molar refractivity (Wildman–Crippen MR) is 90.4 cm³/mol. The van der Waals surface area contributed by atoms with Gasteiger partial charge >= 0.3 is 0 Å². The van der Waals surface area contributed by atoms with E-state index >= 15 is 0 Å². The molecule has 1 aromatic heterocycles. The van der Waals surface area contributed by atoms with Crippen LogP contribution >= 0.6 is 0 Å². The van der Waals surface area contributed by atoms with E-state index in [1.165, 1.54) is 35.0 Å². The van der Waals surface area contributed by atoms with E-state index in [9.17, 15) is 18.0 Å². The van der Waals surface area contributed by atoms with E-state index in [0.717, 1.165) is 12.1 Å². The van der Waals surface area contributed by atoms with E-state index in [-0.39, 0.29) is 23.4 Å². The van der Waals surface area contributed by atoms with Crippen LogP contribution in [0.3, 0.4) is 0 Å². The van der Waals surface area contributed by atoms with Crippen LogP contribution in [-0.4, -0.2) is 27.6 Å². The Labute approximate surface area is 148 Å². The fraction of sp³-hybridized carbons (Fsp3) is 0.158. The topological polar surface area (TPSA) is 38.1 Å². The van der Waals surface area contributed by atoms with Crippen LogP contribution in [0.4, 0.5) is 13.2 Å². The summed E-state index contributed by atoms with van der Waals surface area (Å²) in [5.41, 5.74) is 1.17. The minimum atomic E-state index is -0.719. The van der Waals surface area contributed by atoms with Gasteiger partial charge in [0.1, 0.15) is 23.1 Å². The van der Waals surface area contributed by atoms with Gasteiger partial charge in [-0.2, -0.15) is 5.10 Å². The molecule has 0 aliphatic rings. The van der Waals surface area contributed by atoms with Crippen molar-refractivity contribution in [2.45, 2.75) is 13.5 Å². The van der Waals surface area contributed by atoms with Gasteiger partial charge in [-0.1, -0.05) is 18.2 Å². The molecule has 0 spiro atoms. The SMILES string of the molecule is Cc1c(C(=O)N(C)Cc2ccc(F)cc2F)cnn1-c1ccccc1F. The van der Waals surface area contributed by atoms with Gasteiger partial charge in [-0.15, -0.1) is 0 Å². The predicted octanol–water partition coefficient (Wildman–Crippen LogP) is 3.87. The largest absolute Gasteiger partial charge is 0.337 e. The third-order valence-electron chi connectivity index (χ3n) is 4.09. The maximum Gasteiger partial charge on any atom is 0.257 e. The van der Waals surface area contributed by atoms with E-state index in [1.807, 2.05) is 0 Å². The zero-order valence-electron chi connectivity index (χ0n) is 14.2. The summed E-state index contributed by atoms with van der Waals surface area (Å²) in [6.45, 7) is 1.62. The fourth-order valence-corrected chi connectivity index (χ4v) is 2.67. The van der Waals surface area contributed by atoms with Crippen molar-refractivity contribution in [3.8, 4) is 5.69 Å². The second-order valence-electron chi connectivity index (χ2n) is 5.90. The van der Waals surface area contributed by atoms with Crippen molar-refractivity contribution in [3.63, 3.8) is 0 Å². The van der Waals surface area contributed by atoms with Crippen LogP contribution in [0.5, 0.6) is 0 Å². The minimum Gasteiger partial charge on any atom is -0.337 e. The second-order valence-corrected chi connectivity index (χ2v) is 5.90. The molecule has 134 valence electrons. The van der Waals surface area contributed by atoms with Gasteiger partial charge in [0.05, 0.1) is 17.5 Å². The van der Waals surface area contributed by atoms with Crippen LogP contribution in [0.1, 0.15) is 21.6 Å². The van der Waals surface area contributed by atoms with Gasteiger partial charge in [0, 0.05) is 25.2 Å². The van der Waals surface area contributed by atoms with Crippen molar-refractivity contribution in [2.24, 2.45) is 0 Å². The van der Waals surface area contributed by atoms with E-state index in [4.69, 9.17) is 0 Å². The number of halogens is 3. The number of hydrogen-bond acceptors (Lipinski definition) is 2. The number of nitrogens with zero attached hydrogens (tertiary/aromatic N) is 3. The second kappa shape index (κ2) is 7.03. The number of aromatic nitrogens is 2. The summed E-state index contributed by atoms with van der Waals surface area (Å²) >= 11 is 0. The molecule has 0 bridgehead atoms. The molecule has 3 aromatic rings. The average molecular weight is 359 g/mol. The summed E-state index contributed by atoms with van der Waals surface area (Å²) < 4.78 is 42.1. The third kappa shape index (κ3) is 3.33. The van der Waals surface area contributed by atoms with Crippen LogP contribution in [-0.2, 0) is 6.54 Å². The average Bonchev–Trinajstić information content (AvgIpc) is 2.98. The molecule has 0 radical (unpaired) electrons. The lowest BCUT2D eigenvalue weighted by Crippen LogP contribution is -2.27. The van der Waals surface area contributed by atoms with Crippen molar-refractivity contribution in [2.75, 3.05) is 7.05 Å². The van der Waals surface area contributed by atoms with Gasteiger partial charge in [-0.05, 0) is 25.1 Å². The van der Waals surface area contributed by atoms with Crippen LogP contribution in [0.25, 0.3) is 5.69 Å². The Morgan fingerprint density at radius 1 is 1.12 bits per heavy atom. The van der Waals surface area contributed by atoms with Crippen LogP contribution < -0.4 is 0 Å². The Morgan fingerprint density at radius 2 is 1.85 bits per heavy atom. The summed E-state index contributed by atoms with van der Waals surface area (Å²) in [6, 6.07) is 9.30. The third-order valence-corrected chi connectivity index (χ3v) is 4.09. The van der Waals surface area contributed by atoms with Gasteiger partial charge in [0.2, 0.25) is 0 Å². The first-order valence-electron chi connectivity index (χ1n) is 7.87. The molecule has 3 rings (SSSR count). The van der Waals surface area contributed by atoms with Crippen LogP contribution in [0.15, 0.2) is 48.7 Å². The first-order valence-corrected chi connectivity index (χ1v) is 7.87. The number of para-hydroxylation sites is 1. The number of carbonyl (C=O) groups is 1. The summed E-state index contributed by atoms with van der Waals surface area (Å²) in [5, 5.41) is 4.09.